The zero-order valence-corrected chi connectivity index (χ0v) is 21.4. The number of rotatable bonds is 9. The molecule has 4 rings (SSSR count). The predicted molar refractivity (Wildman–Crippen MR) is 139 cm³/mol. The Hall–Kier alpha value is -3.65. The van der Waals surface area contributed by atoms with Gasteiger partial charge in [0.1, 0.15) is 11.8 Å². The topological polar surface area (TPSA) is 105 Å². The highest BCUT2D eigenvalue weighted by molar-refractivity contribution is 6.01. The Kier molecular flexibility index (Phi) is 8.28. The number of nitrogens with zero attached hydrogens (tertiary/aromatic N) is 1. The third kappa shape index (κ3) is 5.39. The van der Waals surface area contributed by atoms with E-state index in [-0.39, 0.29) is 30.9 Å². The van der Waals surface area contributed by atoms with Crippen LogP contribution in [-0.4, -0.2) is 60.2 Å². The number of benzene rings is 2. The standard InChI is InChI=1S/C29H34N2O6/c1-4-37-29(35)24-18(2)10-15-23-25(24)28(34)31(21(17-32)16-19-8-6-5-7-9-19)26(23)27(33)30-20-11-13-22(36-3)14-12-20/h5-15,18,21,23-26,32H,4,16-17H2,1-3H3,(H,30,33)/t18-,21-,23+,24-,25-,26+/m1/s1. The van der Waals surface area contributed by atoms with Crippen LogP contribution in [0.2, 0.25) is 0 Å². The van der Waals surface area contributed by atoms with Crippen molar-refractivity contribution in [1.29, 1.82) is 0 Å². The number of ether oxygens (including phenoxy) is 2. The highest BCUT2D eigenvalue weighted by atomic mass is 16.5. The monoisotopic (exact) mass is 506 g/mol. The van der Waals surface area contributed by atoms with Crippen LogP contribution >= 0.6 is 0 Å². The Balaban J connectivity index is 1.71. The van der Waals surface area contributed by atoms with Crippen LogP contribution in [0.15, 0.2) is 66.7 Å². The summed E-state index contributed by atoms with van der Waals surface area (Å²) in [4.78, 5) is 42.3. The maximum atomic E-state index is 14.0. The van der Waals surface area contributed by atoms with E-state index in [1.807, 2.05) is 49.4 Å². The van der Waals surface area contributed by atoms with E-state index in [9.17, 15) is 19.5 Å². The summed E-state index contributed by atoms with van der Waals surface area (Å²) in [5.41, 5.74) is 1.49. The van der Waals surface area contributed by atoms with Gasteiger partial charge in [0.15, 0.2) is 0 Å². The highest BCUT2D eigenvalue weighted by Gasteiger charge is 2.58. The minimum absolute atomic E-state index is 0.204. The molecule has 1 fully saturated rings. The minimum Gasteiger partial charge on any atom is -0.497 e. The molecule has 2 amide bonds. The molecule has 0 radical (unpaired) electrons. The molecule has 1 aliphatic heterocycles. The van der Waals surface area contributed by atoms with Crippen molar-refractivity contribution in [3.63, 3.8) is 0 Å². The second-order valence-electron chi connectivity index (χ2n) is 9.56. The van der Waals surface area contributed by atoms with Gasteiger partial charge in [0, 0.05) is 11.6 Å². The van der Waals surface area contributed by atoms with Crippen LogP contribution in [0.3, 0.4) is 0 Å². The van der Waals surface area contributed by atoms with E-state index < -0.39 is 35.8 Å². The molecular weight excluding hydrogens is 472 g/mol. The van der Waals surface area contributed by atoms with Gasteiger partial charge in [-0.3, -0.25) is 14.4 Å². The molecule has 1 aliphatic carbocycles. The first-order chi connectivity index (χ1) is 17.9. The Morgan fingerprint density at radius 3 is 2.41 bits per heavy atom. The number of likely N-dealkylation sites (tertiary alicyclic amines) is 1. The second-order valence-corrected chi connectivity index (χ2v) is 9.56. The number of esters is 1. The van der Waals surface area contributed by atoms with Crippen molar-refractivity contribution in [2.75, 3.05) is 25.6 Å². The molecule has 0 saturated carbocycles. The fourth-order valence-corrected chi connectivity index (χ4v) is 5.56. The van der Waals surface area contributed by atoms with Crippen molar-refractivity contribution in [2.45, 2.75) is 32.4 Å². The maximum absolute atomic E-state index is 14.0. The lowest BCUT2D eigenvalue weighted by atomic mass is 9.70. The molecule has 196 valence electrons. The summed E-state index contributed by atoms with van der Waals surface area (Å²) < 4.78 is 10.5. The first-order valence-electron chi connectivity index (χ1n) is 12.7. The number of hydrogen-bond donors (Lipinski definition) is 2. The van der Waals surface area contributed by atoms with E-state index >= 15 is 0 Å². The molecule has 0 spiro atoms. The first kappa shape index (κ1) is 26.4. The zero-order valence-electron chi connectivity index (χ0n) is 21.4. The second kappa shape index (κ2) is 11.6. The van der Waals surface area contributed by atoms with Gasteiger partial charge in [0.05, 0.1) is 38.2 Å². The highest BCUT2D eigenvalue weighted by Crippen LogP contribution is 2.45. The molecule has 0 aromatic heterocycles. The fourth-order valence-electron chi connectivity index (χ4n) is 5.56. The third-order valence-corrected chi connectivity index (χ3v) is 7.31. The molecule has 37 heavy (non-hydrogen) atoms. The molecule has 6 atom stereocenters. The summed E-state index contributed by atoms with van der Waals surface area (Å²) in [6.45, 7) is 3.49. The van der Waals surface area contributed by atoms with Crippen molar-refractivity contribution in [3.05, 3.63) is 72.3 Å². The Morgan fingerprint density at radius 1 is 1.08 bits per heavy atom. The van der Waals surface area contributed by atoms with E-state index in [2.05, 4.69) is 5.32 Å². The summed E-state index contributed by atoms with van der Waals surface area (Å²) in [5.74, 6) is -2.71. The van der Waals surface area contributed by atoms with E-state index in [1.54, 1.807) is 38.3 Å². The lowest BCUT2D eigenvalue weighted by Gasteiger charge is -2.33. The number of carbonyl (C=O) groups is 3. The molecule has 2 aromatic rings. The summed E-state index contributed by atoms with van der Waals surface area (Å²) in [6, 6.07) is 14.9. The summed E-state index contributed by atoms with van der Waals surface area (Å²) in [5, 5.41) is 13.3. The predicted octanol–water partition coefficient (Wildman–Crippen LogP) is 3.07. The molecule has 2 aromatic carbocycles. The number of fused-ring (bicyclic) bond motifs is 1. The van der Waals surface area contributed by atoms with Gasteiger partial charge in [-0.05, 0) is 49.1 Å². The van der Waals surface area contributed by atoms with Crippen molar-refractivity contribution < 1.29 is 29.0 Å². The molecule has 2 N–H and O–H groups in total. The molecule has 0 unspecified atom stereocenters. The first-order valence-corrected chi connectivity index (χ1v) is 12.7. The lowest BCUT2D eigenvalue weighted by Crippen LogP contribution is -2.51. The molecule has 0 bridgehead atoms. The average Bonchev–Trinajstić information content (AvgIpc) is 3.20. The number of anilines is 1. The molecule has 2 aliphatic rings. The van der Waals surface area contributed by atoms with E-state index in [0.717, 1.165) is 5.56 Å². The number of methoxy groups -OCH3 is 1. The van der Waals surface area contributed by atoms with Gasteiger partial charge >= 0.3 is 5.97 Å². The summed E-state index contributed by atoms with van der Waals surface area (Å²) >= 11 is 0. The van der Waals surface area contributed by atoms with Crippen molar-refractivity contribution in [2.24, 2.45) is 23.7 Å². The van der Waals surface area contributed by atoms with Crippen LogP contribution in [0.1, 0.15) is 19.4 Å². The van der Waals surface area contributed by atoms with Crippen LogP contribution in [0.25, 0.3) is 0 Å². The smallest absolute Gasteiger partial charge is 0.310 e. The van der Waals surface area contributed by atoms with Crippen molar-refractivity contribution in [1.82, 2.24) is 4.90 Å². The average molecular weight is 507 g/mol. The normalized spacial score (nSPS) is 25.4. The van der Waals surface area contributed by atoms with Crippen LogP contribution in [0.4, 0.5) is 5.69 Å². The number of allylic oxidation sites excluding steroid dienone is 1. The number of aliphatic hydroxyl groups excluding tert-OH is 1. The third-order valence-electron chi connectivity index (χ3n) is 7.31. The van der Waals surface area contributed by atoms with Gasteiger partial charge < -0.3 is 24.8 Å². The minimum atomic E-state index is -0.902. The van der Waals surface area contributed by atoms with Gasteiger partial charge in [-0.15, -0.1) is 0 Å². The summed E-state index contributed by atoms with van der Waals surface area (Å²) in [6.07, 6.45) is 4.13. The van der Waals surface area contributed by atoms with Crippen molar-refractivity contribution in [3.8, 4) is 5.75 Å². The molecule has 8 heteroatoms. The number of aliphatic hydroxyl groups is 1. The Bertz CT molecular complexity index is 1130. The van der Waals surface area contributed by atoms with Crippen LogP contribution in [-0.2, 0) is 25.5 Å². The van der Waals surface area contributed by atoms with Gasteiger partial charge in [-0.1, -0.05) is 49.4 Å². The van der Waals surface area contributed by atoms with Crippen molar-refractivity contribution >= 4 is 23.5 Å². The molecule has 8 nitrogen and oxygen atoms in total. The Morgan fingerprint density at radius 2 is 1.78 bits per heavy atom. The van der Waals surface area contributed by atoms with Gasteiger partial charge in [0.25, 0.3) is 0 Å². The van der Waals surface area contributed by atoms with E-state index in [1.165, 1.54) is 4.90 Å². The molecule has 1 heterocycles. The zero-order chi connectivity index (χ0) is 26.5. The van der Waals surface area contributed by atoms with Gasteiger partial charge in [-0.2, -0.15) is 0 Å². The quantitative estimate of drug-likeness (QED) is 0.400. The molecular formula is C29H34N2O6. The maximum Gasteiger partial charge on any atom is 0.310 e. The van der Waals surface area contributed by atoms with E-state index in [4.69, 9.17) is 9.47 Å². The lowest BCUT2D eigenvalue weighted by molar-refractivity contribution is -0.155. The number of amides is 2. The number of carbonyl (C=O) groups excluding carboxylic acids is 3. The summed E-state index contributed by atoms with van der Waals surface area (Å²) in [7, 11) is 1.56. The number of hydrogen-bond acceptors (Lipinski definition) is 6. The van der Waals surface area contributed by atoms with E-state index in [0.29, 0.717) is 17.9 Å². The fraction of sp³-hybridized carbons (Fsp3) is 0.414. The number of nitrogens with one attached hydrogen (secondary N) is 1. The van der Waals surface area contributed by atoms with Crippen LogP contribution in [0, 0.1) is 23.7 Å². The van der Waals surface area contributed by atoms with Crippen LogP contribution in [0.5, 0.6) is 5.75 Å². The SMILES string of the molecule is CCOC(=O)[C@H]1[C@@H]2C(=O)N([C@@H](CO)Cc3ccccc3)[C@H](C(=O)Nc3ccc(OC)cc3)[C@H]2C=C[C@H]1C. The van der Waals surface area contributed by atoms with Crippen LogP contribution < -0.4 is 10.1 Å². The largest absolute Gasteiger partial charge is 0.497 e. The molecule has 1 saturated heterocycles. The van der Waals surface area contributed by atoms with Gasteiger partial charge in [-0.25, -0.2) is 0 Å². The van der Waals surface area contributed by atoms with Gasteiger partial charge in [0.2, 0.25) is 11.8 Å². The Labute approximate surface area is 217 Å².